The third-order valence-corrected chi connectivity index (χ3v) is 5.19. The number of hydrogen-bond donors (Lipinski definition) is 1. The van der Waals surface area contributed by atoms with Crippen molar-refractivity contribution in [3.8, 4) is 0 Å². The largest absolute Gasteiger partial charge is 0.351 e. The van der Waals surface area contributed by atoms with E-state index in [1.807, 2.05) is 37.5 Å². The van der Waals surface area contributed by atoms with E-state index >= 15 is 0 Å². The van der Waals surface area contributed by atoms with Crippen LogP contribution < -0.4 is 10.2 Å². The van der Waals surface area contributed by atoms with Crippen LogP contribution >= 0.6 is 0 Å². The van der Waals surface area contributed by atoms with Gasteiger partial charge in [0.1, 0.15) is 5.57 Å². The van der Waals surface area contributed by atoms with E-state index in [1.54, 1.807) is 18.2 Å². The summed E-state index contributed by atoms with van der Waals surface area (Å²) in [6.45, 7) is 1.92. The second-order valence-electron chi connectivity index (χ2n) is 7.12. The highest BCUT2D eigenvalue weighted by atomic mass is 16.2. The van der Waals surface area contributed by atoms with Crippen LogP contribution in [0.15, 0.2) is 48.3 Å². The Kier molecular flexibility index (Phi) is 4.39. The second-order valence-corrected chi connectivity index (χ2v) is 7.12. The van der Waals surface area contributed by atoms with Crippen LogP contribution in [0.25, 0.3) is 6.08 Å². The average molecular weight is 363 g/mol. The highest BCUT2D eigenvalue weighted by Crippen LogP contribution is 2.30. The molecule has 27 heavy (non-hydrogen) atoms. The first-order valence-corrected chi connectivity index (χ1v) is 9.18. The fourth-order valence-corrected chi connectivity index (χ4v) is 3.70. The molecule has 0 bridgehead atoms. The van der Waals surface area contributed by atoms with Gasteiger partial charge in [0.25, 0.3) is 11.8 Å². The van der Waals surface area contributed by atoms with Gasteiger partial charge >= 0.3 is 6.03 Å². The molecular formula is C21H21N3O3. The molecule has 1 N–H and O–H groups in total. The molecule has 0 unspecified atom stereocenters. The first-order chi connectivity index (χ1) is 13.0. The van der Waals surface area contributed by atoms with Crippen LogP contribution in [-0.2, 0) is 9.59 Å². The van der Waals surface area contributed by atoms with Gasteiger partial charge in [0, 0.05) is 18.4 Å². The minimum absolute atomic E-state index is 0.0423. The van der Waals surface area contributed by atoms with Gasteiger partial charge in [0.2, 0.25) is 0 Å². The van der Waals surface area contributed by atoms with Crippen molar-refractivity contribution in [2.75, 3.05) is 4.90 Å². The lowest BCUT2D eigenvalue weighted by Gasteiger charge is -2.26. The van der Waals surface area contributed by atoms with Gasteiger partial charge < -0.3 is 4.57 Å². The molecular weight excluding hydrogens is 342 g/mol. The topological polar surface area (TPSA) is 71.4 Å². The van der Waals surface area contributed by atoms with Crippen LogP contribution in [0, 0.1) is 6.92 Å². The maximum Gasteiger partial charge on any atom is 0.335 e. The van der Waals surface area contributed by atoms with E-state index in [9.17, 15) is 14.4 Å². The molecule has 1 saturated carbocycles. The van der Waals surface area contributed by atoms with Crippen LogP contribution in [-0.4, -0.2) is 22.4 Å². The van der Waals surface area contributed by atoms with Crippen LogP contribution in [0.3, 0.4) is 0 Å². The summed E-state index contributed by atoms with van der Waals surface area (Å²) in [5, 5.41) is 2.26. The molecule has 138 valence electrons. The second kappa shape index (κ2) is 6.87. The Morgan fingerprint density at radius 3 is 2.44 bits per heavy atom. The lowest BCUT2D eigenvalue weighted by Crippen LogP contribution is -2.54. The average Bonchev–Trinajstić information content (AvgIpc) is 3.31. The van der Waals surface area contributed by atoms with Crippen molar-refractivity contribution in [1.29, 1.82) is 0 Å². The normalized spacial score (nSPS) is 19.8. The van der Waals surface area contributed by atoms with Gasteiger partial charge in [-0.15, -0.1) is 0 Å². The summed E-state index contributed by atoms with van der Waals surface area (Å²) in [5.74, 6) is -1.27. The summed E-state index contributed by atoms with van der Waals surface area (Å²) >= 11 is 0. The van der Waals surface area contributed by atoms with E-state index in [-0.39, 0.29) is 5.57 Å². The van der Waals surface area contributed by atoms with Crippen molar-refractivity contribution < 1.29 is 14.4 Å². The summed E-state index contributed by atoms with van der Waals surface area (Å²) in [6, 6.07) is 8.66. The standard InChI is InChI=1S/C21H21N3O3/c1-14-6-8-17(9-7-14)24-20(26)18(19(25)22-21(24)27)12-15-10-11-23(13-15)16-4-2-3-5-16/h6-13,16H,2-5H2,1H3,(H,22,25,27)/b18-12-. The lowest BCUT2D eigenvalue weighted by molar-refractivity contribution is -0.122. The molecule has 0 radical (unpaired) electrons. The smallest absolute Gasteiger partial charge is 0.335 e. The fraction of sp³-hybridized carbons (Fsp3) is 0.286. The minimum Gasteiger partial charge on any atom is -0.351 e. The third-order valence-electron chi connectivity index (χ3n) is 5.19. The van der Waals surface area contributed by atoms with Gasteiger partial charge in [-0.3, -0.25) is 14.9 Å². The molecule has 4 amide bonds. The molecule has 2 heterocycles. The molecule has 0 atom stereocenters. The highest BCUT2D eigenvalue weighted by molar-refractivity contribution is 6.39. The molecule has 1 saturated heterocycles. The Bertz CT molecular complexity index is 934. The zero-order valence-electron chi connectivity index (χ0n) is 15.1. The van der Waals surface area contributed by atoms with Crippen molar-refractivity contribution in [3.63, 3.8) is 0 Å². The molecule has 1 aliphatic heterocycles. The van der Waals surface area contributed by atoms with Crippen LogP contribution in [0.1, 0.15) is 42.9 Å². The first kappa shape index (κ1) is 17.3. The van der Waals surface area contributed by atoms with Gasteiger partial charge in [-0.1, -0.05) is 30.5 Å². The Labute approximate surface area is 157 Å². The van der Waals surface area contributed by atoms with Crippen molar-refractivity contribution in [3.05, 3.63) is 59.4 Å². The van der Waals surface area contributed by atoms with E-state index < -0.39 is 17.8 Å². The summed E-state index contributed by atoms with van der Waals surface area (Å²) in [5.41, 5.74) is 2.19. The van der Waals surface area contributed by atoms with Gasteiger partial charge in [-0.2, -0.15) is 0 Å². The van der Waals surface area contributed by atoms with Crippen molar-refractivity contribution in [2.45, 2.75) is 38.6 Å². The van der Waals surface area contributed by atoms with E-state index in [0.717, 1.165) is 28.9 Å². The Morgan fingerprint density at radius 1 is 1.04 bits per heavy atom. The maximum atomic E-state index is 12.9. The van der Waals surface area contributed by atoms with Gasteiger partial charge in [-0.25, -0.2) is 9.69 Å². The molecule has 2 aromatic rings. The number of imide groups is 2. The summed E-state index contributed by atoms with van der Waals surface area (Å²) in [6.07, 6.45) is 10.3. The van der Waals surface area contributed by atoms with Crippen molar-refractivity contribution in [1.82, 2.24) is 9.88 Å². The first-order valence-electron chi connectivity index (χ1n) is 9.18. The Hall–Kier alpha value is -3.15. The molecule has 6 nitrogen and oxygen atoms in total. The van der Waals surface area contributed by atoms with Crippen molar-refractivity contribution >= 4 is 29.6 Å². The zero-order valence-corrected chi connectivity index (χ0v) is 15.1. The van der Waals surface area contributed by atoms with E-state index in [0.29, 0.717) is 11.7 Å². The van der Waals surface area contributed by atoms with Gasteiger partial charge in [-0.05, 0) is 49.6 Å². The molecule has 0 spiro atoms. The number of aromatic nitrogens is 1. The molecule has 2 aliphatic rings. The van der Waals surface area contributed by atoms with Gasteiger partial charge in [0.05, 0.1) is 5.69 Å². The number of nitrogens with zero attached hydrogens (tertiary/aromatic N) is 2. The number of amides is 4. The molecule has 1 aromatic heterocycles. The molecule has 6 heteroatoms. The molecule has 2 fully saturated rings. The quantitative estimate of drug-likeness (QED) is 0.669. The predicted molar refractivity (Wildman–Crippen MR) is 102 cm³/mol. The third kappa shape index (κ3) is 3.30. The SMILES string of the molecule is Cc1ccc(N2C(=O)NC(=O)/C(=C/c3ccn(C4CCCC4)c3)C2=O)cc1. The van der Waals surface area contributed by atoms with Crippen LogP contribution in [0.4, 0.5) is 10.5 Å². The minimum atomic E-state index is -0.727. The van der Waals surface area contributed by atoms with Gasteiger partial charge in [0.15, 0.2) is 0 Å². The number of nitrogens with one attached hydrogen (secondary N) is 1. The summed E-state index contributed by atoms with van der Waals surface area (Å²) in [4.78, 5) is 38.3. The van der Waals surface area contributed by atoms with E-state index in [4.69, 9.17) is 0 Å². The highest BCUT2D eigenvalue weighted by Gasteiger charge is 2.36. The summed E-state index contributed by atoms with van der Waals surface area (Å²) in [7, 11) is 0. The van der Waals surface area contributed by atoms with Crippen LogP contribution in [0.5, 0.6) is 0 Å². The number of carbonyl (C=O) groups is 3. The summed E-state index contributed by atoms with van der Waals surface area (Å²) < 4.78 is 2.15. The number of urea groups is 1. The molecule has 4 rings (SSSR count). The Morgan fingerprint density at radius 2 is 1.74 bits per heavy atom. The number of anilines is 1. The number of benzene rings is 1. The number of rotatable bonds is 3. The zero-order chi connectivity index (χ0) is 19.0. The van der Waals surface area contributed by atoms with Crippen LogP contribution in [0.2, 0.25) is 0 Å². The maximum absolute atomic E-state index is 12.9. The molecule has 1 aromatic carbocycles. The Balaban J connectivity index is 1.64. The fourth-order valence-electron chi connectivity index (χ4n) is 3.70. The molecule has 1 aliphatic carbocycles. The monoisotopic (exact) mass is 363 g/mol. The van der Waals surface area contributed by atoms with E-state index in [1.165, 1.54) is 12.8 Å². The lowest BCUT2D eigenvalue weighted by atomic mass is 10.1. The number of hydrogen-bond acceptors (Lipinski definition) is 3. The number of barbiturate groups is 1. The van der Waals surface area contributed by atoms with Crippen molar-refractivity contribution in [2.24, 2.45) is 0 Å². The number of aryl methyl sites for hydroxylation is 1. The number of carbonyl (C=O) groups excluding carboxylic acids is 3. The predicted octanol–water partition coefficient (Wildman–Crippen LogP) is 3.58. The van der Waals surface area contributed by atoms with E-state index in [2.05, 4.69) is 9.88 Å².